The van der Waals surface area contributed by atoms with Crippen molar-refractivity contribution in [2.24, 2.45) is 17.8 Å². The quantitative estimate of drug-likeness (QED) is 0.240. The number of H-pyrrole nitrogens is 1. The van der Waals surface area contributed by atoms with Gasteiger partial charge in [-0.05, 0) is 61.1 Å². The molecular weight excluding hydrogens is 508 g/mol. The first-order valence-corrected chi connectivity index (χ1v) is 13.5. The van der Waals surface area contributed by atoms with Crippen molar-refractivity contribution in [3.8, 4) is 22.0 Å². The van der Waals surface area contributed by atoms with Crippen LogP contribution in [0.25, 0.3) is 43.1 Å². The van der Waals surface area contributed by atoms with Crippen LogP contribution in [0, 0.1) is 29.4 Å². The molecule has 10 heteroatoms. The van der Waals surface area contributed by atoms with E-state index in [0.717, 1.165) is 42.0 Å². The number of halogens is 2. The molecule has 0 aliphatic heterocycles. The number of thiophene rings is 1. The zero-order valence-corrected chi connectivity index (χ0v) is 20.9. The van der Waals surface area contributed by atoms with Gasteiger partial charge in [0.2, 0.25) is 0 Å². The highest BCUT2D eigenvalue weighted by atomic mass is 32.1. The van der Waals surface area contributed by atoms with Gasteiger partial charge in [0.25, 0.3) is 0 Å². The van der Waals surface area contributed by atoms with Gasteiger partial charge in [0.05, 0.1) is 17.0 Å². The average Bonchev–Trinajstić information content (AvgIpc) is 3.54. The molecule has 2 bridgehead atoms. The van der Waals surface area contributed by atoms with Crippen LogP contribution in [-0.4, -0.2) is 37.1 Å². The Kier molecular flexibility index (Phi) is 5.40. The summed E-state index contributed by atoms with van der Waals surface area (Å²) in [6, 6.07) is 10.6. The minimum Gasteiger partial charge on any atom is -0.481 e. The van der Waals surface area contributed by atoms with Gasteiger partial charge in [-0.2, -0.15) is 0 Å². The van der Waals surface area contributed by atoms with Crippen LogP contribution in [0.1, 0.15) is 25.7 Å². The zero-order chi connectivity index (χ0) is 26.0. The molecule has 8 rings (SSSR count). The second-order valence-corrected chi connectivity index (χ2v) is 11.3. The molecule has 0 amide bonds. The molecule has 1 aromatic carbocycles. The van der Waals surface area contributed by atoms with Crippen LogP contribution in [0.4, 0.5) is 14.6 Å². The Morgan fingerprint density at radius 2 is 1.87 bits per heavy atom. The molecule has 38 heavy (non-hydrogen) atoms. The number of carbonyl (C=O) groups is 1. The van der Waals surface area contributed by atoms with Crippen molar-refractivity contribution in [1.29, 1.82) is 0 Å². The maximum absolute atomic E-state index is 16.2. The fourth-order valence-corrected chi connectivity index (χ4v) is 7.30. The number of hydrogen-bond donors (Lipinski definition) is 3. The summed E-state index contributed by atoms with van der Waals surface area (Å²) in [6.45, 7) is 0. The van der Waals surface area contributed by atoms with Crippen molar-refractivity contribution < 1.29 is 18.7 Å². The van der Waals surface area contributed by atoms with Crippen LogP contribution in [0.3, 0.4) is 0 Å². The van der Waals surface area contributed by atoms with E-state index in [1.165, 1.54) is 17.4 Å². The lowest BCUT2D eigenvalue weighted by molar-refractivity contribution is -0.148. The molecule has 4 aromatic heterocycles. The molecule has 3 fully saturated rings. The van der Waals surface area contributed by atoms with Gasteiger partial charge in [-0.1, -0.05) is 18.2 Å². The lowest BCUT2D eigenvalue weighted by Crippen LogP contribution is -2.51. The van der Waals surface area contributed by atoms with E-state index in [9.17, 15) is 14.3 Å². The largest absolute Gasteiger partial charge is 0.481 e. The molecule has 0 spiro atoms. The minimum atomic E-state index is -0.866. The van der Waals surface area contributed by atoms with Gasteiger partial charge >= 0.3 is 5.97 Å². The summed E-state index contributed by atoms with van der Waals surface area (Å²) in [4.78, 5) is 29.1. The number of carboxylic acids is 1. The standard InChI is InChI=1S/C28H23F2N5O2S/c29-16-10-17-18(12-32-25(17)31-11-16)26-34-24(20-9-15-3-1-2-4-19(15)38-20)22(30)27(35-26)33-23-14-7-5-13(6-8-14)21(23)28(36)37/h1-4,9-14,21,23H,5-8H2,(H,31,32)(H,36,37)(H,33,34,35). The summed E-state index contributed by atoms with van der Waals surface area (Å²) in [5.74, 6) is -2.27. The van der Waals surface area contributed by atoms with Gasteiger partial charge in [0, 0.05) is 27.9 Å². The normalized spacial score (nSPS) is 22.8. The summed E-state index contributed by atoms with van der Waals surface area (Å²) >= 11 is 1.42. The van der Waals surface area contributed by atoms with Crippen LogP contribution < -0.4 is 5.32 Å². The predicted molar refractivity (Wildman–Crippen MR) is 142 cm³/mol. The Morgan fingerprint density at radius 3 is 2.66 bits per heavy atom. The van der Waals surface area contributed by atoms with E-state index in [2.05, 4.69) is 25.3 Å². The number of anilines is 1. The summed E-state index contributed by atoms with van der Waals surface area (Å²) in [7, 11) is 0. The minimum absolute atomic E-state index is 0.0371. The first-order valence-electron chi connectivity index (χ1n) is 12.6. The number of hydrogen-bond acceptors (Lipinski definition) is 6. The topological polar surface area (TPSA) is 104 Å². The molecular formula is C28H23F2N5O2S. The lowest BCUT2D eigenvalue weighted by Gasteiger charge is -2.47. The number of rotatable bonds is 5. The maximum atomic E-state index is 16.2. The molecule has 5 aromatic rings. The summed E-state index contributed by atoms with van der Waals surface area (Å²) in [6.07, 6.45) is 6.31. The van der Waals surface area contributed by atoms with Crippen molar-refractivity contribution in [3.63, 3.8) is 0 Å². The van der Waals surface area contributed by atoms with E-state index in [0.29, 0.717) is 21.5 Å². The van der Waals surface area contributed by atoms with Crippen molar-refractivity contribution in [2.45, 2.75) is 31.7 Å². The number of benzene rings is 1. The van der Waals surface area contributed by atoms with Crippen molar-refractivity contribution >= 4 is 44.2 Å². The fourth-order valence-electron chi connectivity index (χ4n) is 6.26. The van der Waals surface area contributed by atoms with Gasteiger partial charge in [0.15, 0.2) is 17.5 Å². The smallest absolute Gasteiger partial charge is 0.308 e. The maximum Gasteiger partial charge on any atom is 0.308 e. The zero-order valence-electron chi connectivity index (χ0n) is 20.1. The summed E-state index contributed by atoms with van der Waals surface area (Å²) < 4.78 is 31.3. The highest BCUT2D eigenvalue weighted by molar-refractivity contribution is 7.22. The molecule has 2 atom stereocenters. The number of aliphatic carboxylic acids is 1. The molecule has 7 nitrogen and oxygen atoms in total. The van der Waals surface area contributed by atoms with Crippen molar-refractivity contribution in [1.82, 2.24) is 19.9 Å². The number of aromatic nitrogens is 4. The monoisotopic (exact) mass is 531 g/mol. The molecule has 0 saturated heterocycles. The summed E-state index contributed by atoms with van der Waals surface area (Å²) in [5, 5.41) is 14.7. The lowest BCUT2D eigenvalue weighted by atomic mass is 9.61. The first kappa shape index (κ1) is 23.2. The number of aromatic amines is 1. The van der Waals surface area contributed by atoms with Gasteiger partial charge < -0.3 is 15.4 Å². The van der Waals surface area contributed by atoms with E-state index in [1.807, 2.05) is 30.3 Å². The number of fused-ring (bicyclic) bond motifs is 5. The molecule has 2 unspecified atom stereocenters. The van der Waals surface area contributed by atoms with E-state index in [4.69, 9.17) is 0 Å². The fraction of sp³-hybridized carbons (Fsp3) is 0.286. The third-order valence-corrected chi connectivity index (χ3v) is 9.18. The first-order chi connectivity index (χ1) is 18.5. The van der Waals surface area contributed by atoms with Crippen LogP contribution in [0.15, 0.2) is 48.8 Å². The van der Waals surface area contributed by atoms with Gasteiger partial charge in [-0.25, -0.2) is 23.7 Å². The molecule has 3 saturated carbocycles. The van der Waals surface area contributed by atoms with Crippen LogP contribution in [0.5, 0.6) is 0 Å². The highest BCUT2D eigenvalue weighted by Gasteiger charge is 2.47. The van der Waals surface area contributed by atoms with Crippen LogP contribution >= 0.6 is 11.3 Å². The van der Waals surface area contributed by atoms with E-state index in [1.54, 1.807) is 6.20 Å². The number of pyridine rings is 1. The van der Waals surface area contributed by atoms with Crippen molar-refractivity contribution in [3.05, 3.63) is 60.4 Å². The van der Waals surface area contributed by atoms with Gasteiger partial charge in [0.1, 0.15) is 17.2 Å². The Balaban J connectivity index is 1.40. The number of nitrogens with zero attached hydrogens (tertiary/aromatic N) is 3. The van der Waals surface area contributed by atoms with Crippen LogP contribution in [-0.2, 0) is 4.79 Å². The molecule has 4 heterocycles. The third kappa shape index (κ3) is 3.74. The van der Waals surface area contributed by atoms with Crippen molar-refractivity contribution in [2.75, 3.05) is 5.32 Å². The van der Waals surface area contributed by atoms with E-state index in [-0.39, 0.29) is 29.2 Å². The predicted octanol–water partition coefficient (Wildman–Crippen LogP) is 6.48. The highest BCUT2D eigenvalue weighted by Crippen LogP contribution is 2.47. The average molecular weight is 532 g/mol. The van der Waals surface area contributed by atoms with Gasteiger partial charge in [-0.15, -0.1) is 11.3 Å². The van der Waals surface area contributed by atoms with Crippen LogP contribution in [0.2, 0.25) is 0 Å². The molecule has 192 valence electrons. The van der Waals surface area contributed by atoms with Gasteiger partial charge in [-0.3, -0.25) is 4.79 Å². The Hall–Kier alpha value is -3.92. The molecule has 0 radical (unpaired) electrons. The molecule has 3 N–H and O–H groups in total. The van der Waals surface area contributed by atoms with E-state index < -0.39 is 29.6 Å². The Morgan fingerprint density at radius 1 is 1.08 bits per heavy atom. The Labute approximate surface area is 220 Å². The Bertz CT molecular complexity index is 1680. The number of carboxylic acid groups (broad SMARTS) is 1. The molecule has 3 aliphatic rings. The second kappa shape index (κ2) is 8.83. The van der Waals surface area contributed by atoms with E-state index >= 15 is 4.39 Å². The second-order valence-electron chi connectivity index (χ2n) is 10.2. The molecule has 3 aliphatic carbocycles. The summed E-state index contributed by atoms with van der Waals surface area (Å²) in [5.41, 5.74) is 1.06. The number of nitrogens with one attached hydrogen (secondary N) is 2. The third-order valence-electron chi connectivity index (χ3n) is 8.06. The SMILES string of the molecule is O=C(O)C1C2CCC(CC2)C1Nc1nc(-c2c[nH]c3ncc(F)cc23)nc(-c2cc3ccccc3s2)c1F.